The summed E-state index contributed by atoms with van der Waals surface area (Å²) in [6.45, 7) is 1.94. The van der Waals surface area contributed by atoms with E-state index in [-0.39, 0.29) is 43.7 Å². The van der Waals surface area contributed by atoms with Crippen LogP contribution in [0.2, 0.25) is 0 Å². The number of rotatable bonds is 1. The third-order valence-electron chi connectivity index (χ3n) is 1.59. The summed E-state index contributed by atoms with van der Waals surface area (Å²) in [6, 6.07) is 11.6. The van der Waals surface area contributed by atoms with Crippen LogP contribution in [-0.4, -0.2) is 32.9 Å². The molecule has 0 saturated carbocycles. The van der Waals surface area contributed by atoms with Gasteiger partial charge in [0.05, 0.1) is 11.4 Å². The van der Waals surface area contributed by atoms with Crippen LogP contribution in [0.4, 0.5) is 0 Å². The molecule has 0 unspecified atom stereocenters. The van der Waals surface area contributed by atoms with E-state index in [4.69, 9.17) is 19.8 Å². The topological polar surface area (TPSA) is 202 Å². The molecule has 10 heteroatoms. The van der Waals surface area contributed by atoms with Crippen LogP contribution in [0.5, 0.6) is 0 Å². The molecule has 2 aromatic heterocycles. The summed E-state index contributed by atoms with van der Waals surface area (Å²) < 4.78 is 0. The van der Waals surface area contributed by atoms with E-state index in [2.05, 4.69) is 9.97 Å². The summed E-state index contributed by atoms with van der Waals surface area (Å²) in [7, 11) is 0. The maximum absolute atomic E-state index is 8.89. The number of aromatic nitrogens is 2. The Kier molecular flexibility index (Phi) is 29.5. The second-order valence-electron chi connectivity index (χ2n) is 3.41. The first kappa shape index (κ1) is 33.6. The molecule has 0 aliphatic carbocycles. The largest absolute Gasteiger partial charge is 2.00 e. The van der Waals surface area contributed by atoms with Crippen LogP contribution in [-0.2, 0) is 42.4 Å². The van der Waals surface area contributed by atoms with Crippen LogP contribution >= 0.6 is 0 Å². The van der Waals surface area contributed by atoms with E-state index in [1.165, 1.54) is 0 Å². The van der Waals surface area contributed by atoms with E-state index in [0.717, 1.165) is 25.2 Å². The number of carboxylic acid groups (broad SMARTS) is 2. The zero-order chi connectivity index (χ0) is 15.4. The maximum Gasteiger partial charge on any atom is 2.00 e. The molecule has 0 amide bonds. The van der Waals surface area contributed by atoms with Gasteiger partial charge in [-0.25, -0.2) is 0 Å². The fraction of sp³-hybridized carbons (Fsp3) is 0.143. The van der Waals surface area contributed by atoms with Crippen molar-refractivity contribution in [3.63, 3.8) is 0 Å². The van der Waals surface area contributed by atoms with E-state index >= 15 is 0 Å². The van der Waals surface area contributed by atoms with Gasteiger partial charge >= 0.3 is 27.3 Å². The third-order valence-corrected chi connectivity index (χ3v) is 1.59. The molecular formula is C14H21CdN2O7+. The van der Waals surface area contributed by atoms with E-state index in [1.54, 1.807) is 12.4 Å². The van der Waals surface area contributed by atoms with Gasteiger partial charge in [-0.3, -0.25) is 9.97 Å². The number of carboxylic acids is 2. The Morgan fingerprint density at radius 1 is 0.792 bits per heavy atom. The molecule has 2 aromatic rings. The molecule has 24 heavy (non-hydrogen) atoms. The molecule has 2 heterocycles. The zero-order valence-electron chi connectivity index (χ0n) is 13.4. The number of carbonyl (C=O) groups excluding carboxylic acids is 2. The van der Waals surface area contributed by atoms with Gasteiger partial charge in [0.25, 0.3) is 0 Å². The van der Waals surface area contributed by atoms with Crippen molar-refractivity contribution in [1.29, 1.82) is 0 Å². The van der Waals surface area contributed by atoms with Gasteiger partial charge < -0.3 is 36.2 Å². The first-order chi connectivity index (χ1) is 9.43. The SMILES string of the molecule is CC(=O)[O-].CC(=O)[O-].O.O.[Cd+2].[OH3+].c1ccc(-c2ccccn2)nc1. The van der Waals surface area contributed by atoms with Crippen LogP contribution in [0.1, 0.15) is 13.8 Å². The molecule has 130 valence electrons. The van der Waals surface area contributed by atoms with Crippen LogP contribution in [0.25, 0.3) is 11.4 Å². The summed E-state index contributed by atoms with van der Waals surface area (Å²) in [5.74, 6) is -2.17. The molecule has 0 atom stereocenters. The summed E-state index contributed by atoms with van der Waals surface area (Å²) in [6.07, 6.45) is 3.54. The minimum atomic E-state index is -1.08. The van der Waals surface area contributed by atoms with Gasteiger partial charge in [-0.15, -0.1) is 0 Å². The van der Waals surface area contributed by atoms with Crippen molar-refractivity contribution >= 4 is 11.9 Å². The average Bonchev–Trinajstić information content (AvgIpc) is 2.39. The van der Waals surface area contributed by atoms with E-state index in [1.807, 2.05) is 36.4 Å². The Hall–Kier alpha value is -1.96. The molecule has 0 saturated heterocycles. The van der Waals surface area contributed by atoms with Crippen molar-refractivity contribution in [3.8, 4) is 11.4 Å². The smallest absolute Gasteiger partial charge is 0.550 e. The monoisotopic (exact) mass is 443 g/mol. The van der Waals surface area contributed by atoms with Crippen molar-refractivity contribution in [2.75, 3.05) is 0 Å². The predicted molar refractivity (Wildman–Crippen MR) is 80.9 cm³/mol. The summed E-state index contributed by atoms with van der Waals surface area (Å²) in [4.78, 5) is 26.2. The molecule has 0 fully saturated rings. The number of nitrogens with zero attached hydrogens (tertiary/aromatic N) is 2. The fourth-order valence-electron chi connectivity index (χ4n) is 1.03. The molecule has 0 aromatic carbocycles. The van der Waals surface area contributed by atoms with Crippen LogP contribution < -0.4 is 10.2 Å². The van der Waals surface area contributed by atoms with Crippen LogP contribution in [0, 0.1) is 0 Å². The molecule has 0 bridgehead atoms. The van der Waals surface area contributed by atoms with Crippen molar-refractivity contribution in [2.24, 2.45) is 0 Å². The van der Waals surface area contributed by atoms with Crippen LogP contribution in [0.3, 0.4) is 0 Å². The van der Waals surface area contributed by atoms with Crippen molar-refractivity contribution in [2.45, 2.75) is 13.8 Å². The second-order valence-corrected chi connectivity index (χ2v) is 3.41. The minimum absolute atomic E-state index is 0. The van der Waals surface area contributed by atoms with E-state index in [9.17, 15) is 0 Å². The molecule has 7 N–H and O–H groups in total. The third kappa shape index (κ3) is 22.3. The molecule has 0 aliphatic heterocycles. The Labute approximate surface area is 159 Å². The zero-order valence-corrected chi connectivity index (χ0v) is 17.5. The molecule has 0 aliphatic rings. The molecule has 0 spiro atoms. The standard InChI is InChI=1S/C10H8N2.2C2H4O2.Cd.3H2O/c1-3-7-11-9(5-1)10-6-2-4-8-12-10;2*1-2(3)4;;;;/h1-8H;2*1H3,(H,3,4);;3*1H2/q;;;+2;;;/p-1. The van der Waals surface area contributed by atoms with Gasteiger partial charge in [-0.1, -0.05) is 12.1 Å². The number of aliphatic carboxylic acids is 2. The minimum Gasteiger partial charge on any atom is -0.550 e. The Bertz CT molecular complexity index is 470. The van der Waals surface area contributed by atoms with Gasteiger partial charge in [0.15, 0.2) is 0 Å². The Morgan fingerprint density at radius 2 is 1.04 bits per heavy atom. The fourth-order valence-corrected chi connectivity index (χ4v) is 1.03. The number of hydrogen-bond donors (Lipinski definition) is 0. The molecule has 0 radical (unpaired) electrons. The second kappa shape index (κ2) is 21.0. The van der Waals surface area contributed by atoms with E-state index in [0.29, 0.717) is 0 Å². The molecular weight excluding hydrogens is 421 g/mol. The normalized spacial score (nSPS) is 6.92. The quantitative estimate of drug-likeness (QED) is 0.334. The maximum atomic E-state index is 8.89. The van der Waals surface area contributed by atoms with Crippen molar-refractivity contribution < 1.29 is 63.5 Å². The molecule has 2 rings (SSSR count). The van der Waals surface area contributed by atoms with Crippen molar-refractivity contribution in [3.05, 3.63) is 48.8 Å². The van der Waals surface area contributed by atoms with Gasteiger partial charge in [-0.05, 0) is 38.1 Å². The Morgan fingerprint density at radius 3 is 1.21 bits per heavy atom. The predicted octanol–water partition coefficient (Wildman–Crippen LogP) is -2.92. The van der Waals surface area contributed by atoms with E-state index < -0.39 is 11.9 Å². The first-order valence-corrected chi connectivity index (χ1v) is 5.61. The Balaban J connectivity index is -0.0000000876. The number of carbonyl (C=O) groups is 2. The van der Waals surface area contributed by atoms with Gasteiger partial charge in [0.1, 0.15) is 0 Å². The average molecular weight is 442 g/mol. The summed E-state index contributed by atoms with van der Waals surface area (Å²) in [5.41, 5.74) is 1.83. The van der Waals surface area contributed by atoms with Gasteiger partial charge in [0.2, 0.25) is 0 Å². The summed E-state index contributed by atoms with van der Waals surface area (Å²) >= 11 is 0. The first-order valence-electron chi connectivity index (χ1n) is 5.61. The summed E-state index contributed by atoms with van der Waals surface area (Å²) in [5, 5.41) is 17.8. The number of hydrogen-bond acceptors (Lipinski definition) is 6. The van der Waals surface area contributed by atoms with Gasteiger partial charge in [0, 0.05) is 24.3 Å². The number of pyridine rings is 2. The van der Waals surface area contributed by atoms with Crippen LogP contribution in [0.15, 0.2) is 48.8 Å². The van der Waals surface area contributed by atoms with Gasteiger partial charge in [-0.2, -0.15) is 0 Å². The van der Waals surface area contributed by atoms with Crippen molar-refractivity contribution in [1.82, 2.24) is 9.97 Å². The molecule has 9 nitrogen and oxygen atoms in total.